The predicted molar refractivity (Wildman–Crippen MR) is 123 cm³/mol. The number of carbonyl (C=O) groups is 2. The third-order valence-electron chi connectivity index (χ3n) is 4.39. The molecule has 0 aliphatic heterocycles. The molecule has 0 saturated carbocycles. The van der Waals surface area contributed by atoms with Crippen molar-refractivity contribution in [2.75, 3.05) is 18.5 Å². The number of anilines is 1. The number of aromatic nitrogens is 1. The van der Waals surface area contributed by atoms with Gasteiger partial charge in [-0.1, -0.05) is 11.3 Å². The fourth-order valence-corrected chi connectivity index (χ4v) is 4.06. The molecule has 0 saturated heterocycles. The molecule has 1 N–H and O–H groups in total. The van der Waals surface area contributed by atoms with Crippen LogP contribution in [0.1, 0.15) is 19.4 Å². The number of thiazole rings is 1. The standard InChI is InChI=1S/C22H22N4O5S/c1-3-31-13-12-25-19-10-7-17(23-15(2)27)14-20(19)32-22(25)24-21(28)11-6-16-4-8-18(9-5-16)26(29)30/h4-11,14H,3,12-13H2,1-2H3,(H,23,27)/b11-6-,24-22?. The number of nitro benzene ring substituents is 1. The Balaban J connectivity index is 1.91. The molecule has 0 bridgehead atoms. The first-order valence-corrected chi connectivity index (χ1v) is 10.7. The van der Waals surface area contributed by atoms with Crippen molar-refractivity contribution in [2.24, 2.45) is 4.99 Å². The molecule has 0 atom stereocenters. The molecular weight excluding hydrogens is 432 g/mol. The van der Waals surface area contributed by atoms with Crippen LogP contribution >= 0.6 is 11.3 Å². The molecule has 1 aromatic heterocycles. The van der Waals surface area contributed by atoms with Gasteiger partial charge in [0.05, 0.1) is 21.7 Å². The van der Waals surface area contributed by atoms with Crippen LogP contribution in [0.3, 0.4) is 0 Å². The number of fused-ring (bicyclic) bond motifs is 1. The van der Waals surface area contributed by atoms with Gasteiger partial charge in [-0.25, -0.2) is 0 Å². The number of amides is 2. The van der Waals surface area contributed by atoms with E-state index < -0.39 is 10.8 Å². The molecule has 32 heavy (non-hydrogen) atoms. The fourth-order valence-electron chi connectivity index (χ4n) is 2.96. The van der Waals surface area contributed by atoms with Crippen LogP contribution in [0.4, 0.5) is 11.4 Å². The number of ether oxygens (including phenoxy) is 1. The first-order valence-electron chi connectivity index (χ1n) is 9.87. The smallest absolute Gasteiger partial charge is 0.272 e. The quantitative estimate of drug-likeness (QED) is 0.241. The van der Waals surface area contributed by atoms with Crippen LogP contribution in [-0.4, -0.2) is 34.5 Å². The molecule has 10 heteroatoms. The topological polar surface area (TPSA) is 116 Å². The van der Waals surface area contributed by atoms with E-state index in [2.05, 4.69) is 10.3 Å². The summed E-state index contributed by atoms with van der Waals surface area (Å²) >= 11 is 1.34. The lowest BCUT2D eigenvalue weighted by Gasteiger charge is -2.06. The summed E-state index contributed by atoms with van der Waals surface area (Å²) in [4.78, 5) is 38.8. The van der Waals surface area contributed by atoms with E-state index in [1.54, 1.807) is 24.3 Å². The summed E-state index contributed by atoms with van der Waals surface area (Å²) in [6.45, 7) is 4.92. The van der Waals surface area contributed by atoms with Crippen molar-refractivity contribution >= 4 is 50.8 Å². The largest absolute Gasteiger partial charge is 0.380 e. The zero-order valence-corrected chi connectivity index (χ0v) is 18.4. The number of non-ortho nitro benzene ring substituents is 1. The molecule has 2 amide bonds. The number of rotatable bonds is 8. The lowest BCUT2D eigenvalue weighted by atomic mass is 10.2. The second kappa shape index (κ2) is 10.6. The Kier molecular flexibility index (Phi) is 7.63. The van der Waals surface area contributed by atoms with Gasteiger partial charge in [0.15, 0.2) is 4.80 Å². The minimum absolute atomic E-state index is 0.0163. The summed E-state index contributed by atoms with van der Waals surface area (Å²) in [5.74, 6) is -0.622. The highest BCUT2D eigenvalue weighted by molar-refractivity contribution is 7.16. The van der Waals surface area contributed by atoms with Crippen molar-refractivity contribution in [1.29, 1.82) is 0 Å². The lowest BCUT2D eigenvalue weighted by molar-refractivity contribution is -0.384. The number of nitrogens with zero attached hydrogens (tertiary/aromatic N) is 3. The van der Waals surface area contributed by atoms with E-state index in [1.165, 1.54) is 36.5 Å². The first kappa shape index (κ1) is 23.0. The maximum atomic E-state index is 12.5. The van der Waals surface area contributed by atoms with E-state index >= 15 is 0 Å². The van der Waals surface area contributed by atoms with E-state index in [4.69, 9.17) is 4.74 Å². The van der Waals surface area contributed by atoms with E-state index in [9.17, 15) is 19.7 Å². The number of nitro groups is 1. The van der Waals surface area contributed by atoms with Crippen LogP contribution in [0.2, 0.25) is 0 Å². The Morgan fingerprint density at radius 1 is 1.25 bits per heavy atom. The van der Waals surface area contributed by atoms with Gasteiger partial charge < -0.3 is 14.6 Å². The fraction of sp³-hybridized carbons (Fsp3) is 0.227. The van der Waals surface area contributed by atoms with Gasteiger partial charge in [-0.15, -0.1) is 0 Å². The molecule has 3 aromatic rings. The monoisotopic (exact) mass is 454 g/mol. The summed E-state index contributed by atoms with van der Waals surface area (Å²) < 4.78 is 8.24. The summed E-state index contributed by atoms with van der Waals surface area (Å²) in [6, 6.07) is 11.4. The van der Waals surface area contributed by atoms with Gasteiger partial charge in [0, 0.05) is 44.0 Å². The molecule has 0 aliphatic carbocycles. The molecule has 0 unspecified atom stereocenters. The number of carbonyl (C=O) groups excluding carboxylic acids is 2. The second-order valence-electron chi connectivity index (χ2n) is 6.73. The van der Waals surface area contributed by atoms with Crippen molar-refractivity contribution in [3.63, 3.8) is 0 Å². The van der Waals surface area contributed by atoms with Crippen molar-refractivity contribution in [1.82, 2.24) is 4.57 Å². The maximum Gasteiger partial charge on any atom is 0.272 e. The van der Waals surface area contributed by atoms with Crippen LogP contribution in [0, 0.1) is 10.1 Å². The molecular formula is C22H22N4O5S. The molecule has 0 radical (unpaired) electrons. The second-order valence-corrected chi connectivity index (χ2v) is 7.74. The maximum absolute atomic E-state index is 12.5. The van der Waals surface area contributed by atoms with E-state index in [-0.39, 0.29) is 11.6 Å². The first-order chi connectivity index (χ1) is 15.4. The third-order valence-corrected chi connectivity index (χ3v) is 5.44. The van der Waals surface area contributed by atoms with Crippen LogP contribution < -0.4 is 10.1 Å². The normalized spacial score (nSPS) is 11.9. The zero-order chi connectivity index (χ0) is 23.1. The van der Waals surface area contributed by atoms with Crippen molar-refractivity contribution in [3.8, 4) is 0 Å². The Bertz CT molecular complexity index is 1240. The van der Waals surface area contributed by atoms with Crippen LogP contribution in [0.25, 0.3) is 16.3 Å². The molecule has 3 rings (SSSR count). The summed E-state index contributed by atoms with van der Waals surface area (Å²) in [5, 5.41) is 13.5. The van der Waals surface area contributed by atoms with Crippen LogP contribution in [-0.2, 0) is 20.9 Å². The van der Waals surface area contributed by atoms with Crippen LogP contribution in [0.15, 0.2) is 53.5 Å². The molecule has 1 heterocycles. The molecule has 0 fully saturated rings. The van der Waals surface area contributed by atoms with E-state index in [1.807, 2.05) is 23.6 Å². The number of hydrogen-bond acceptors (Lipinski definition) is 6. The minimum atomic E-state index is -0.478. The van der Waals surface area contributed by atoms with E-state index in [0.29, 0.717) is 35.8 Å². The zero-order valence-electron chi connectivity index (χ0n) is 17.6. The highest BCUT2D eigenvalue weighted by Crippen LogP contribution is 2.22. The molecule has 0 aliphatic rings. The average molecular weight is 455 g/mol. The van der Waals surface area contributed by atoms with Gasteiger partial charge in [0.2, 0.25) is 5.91 Å². The Morgan fingerprint density at radius 3 is 2.66 bits per heavy atom. The summed E-state index contributed by atoms with van der Waals surface area (Å²) in [6.07, 6.45) is 2.88. The van der Waals surface area contributed by atoms with Crippen molar-refractivity contribution in [2.45, 2.75) is 20.4 Å². The van der Waals surface area contributed by atoms with Crippen LogP contribution in [0.5, 0.6) is 0 Å². The molecule has 0 spiro atoms. The van der Waals surface area contributed by atoms with Crippen molar-refractivity contribution in [3.05, 3.63) is 69.0 Å². The van der Waals surface area contributed by atoms with Crippen molar-refractivity contribution < 1.29 is 19.2 Å². The van der Waals surface area contributed by atoms with Gasteiger partial charge in [0.1, 0.15) is 0 Å². The number of hydrogen-bond donors (Lipinski definition) is 1. The van der Waals surface area contributed by atoms with Gasteiger partial charge in [-0.3, -0.25) is 19.7 Å². The summed E-state index contributed by atoms with van der Waals surface area (Å²) in [5.41, 5.74) is 2.19. The van der Waals surface area contributed by atoms with Gasteiger partial charge in [-0.2, -0.15) is 4.99 Å². The highest BCUT2D eigenvalue weighted by atomic mass is 32.1. The molecule has 2 aromatic carbocycles. The van der Waals surface area contributed by atoms with Gasteiger partial charge in [0.25, 0.3) is 11.6 Å². The number of benzene rings is 2. The number of nitrogens with one attached hydrogen (secondary N) is 1. The third kappa shape index (κ3) is 5.96. The average Bonchev–Trinajstić information content (AvgIpc) is 3.08. The molecule has 9 nitrogen and oxygen atoms in total. The highest BCUT2D eigenvalue weighted by Gasteiger charge is 2.09. The Hall–Kier alpha value is -3.63. The molecule has 166 valence electrons. The SMILES string of the molecule is CCOCCn1c(=NC(=O)/C=C\c2ccc([N+](=O)[O-])cc2)sc2cc(NC(C)=O)ccc21. The van der Waals surface area contributed by atoms with E-state index in [0.717, 1.165) is 10.2 Å². The Labute approximate surface area is 187 Å². The Morgan fingerprint density at radius 2 is 2.00 bits per heavy atom. The summed E-state index contributed by atoms with van der Waals surface area (Å²) in [7, 11) is 0. The minimum Gasteiger partial charge on any atom is -0.380 e. The van der Waals surface area contributed by atoms with Gasteiger partial charge in [-0.05, 0) is 48.9 Å². The van der Waals surface area contributed by atoms with Gasteiger partial charge >= 0.3 is 0 Å². The predicted octanol–water partition coefficient (Wildman–Crippen LogP) is 3.75. The lowest BCUT2D eigenvalue weighted by Crippen LogP contribution is -2.19.